The van der Waals surface area contributed by atoms with E-state index in [0.717, 1.165) is 5.56 Å². The van der Waals surface area contributed by atoms with Crippen molar-refractivity contribution in [2.45, 2.75) is 6.54 Å². The topological polar surface area (TPSA) is 86.0 Å². The lowest BCUT2D eigenvalue weighted by molar-refractivity contribution is 0.0698. The molecular formula is C14H11N3O2. The summed E-state index contributed by atoms with van der Waals surface area (Å²) in [4.78, 5) is 14.9. The van der Waals surface area contributed by atoms with Crippen molar-refractivity contribution in [1.29, 1.82) is 5.26 Å². The first-order chi connectivity index (χ1) is 9.20. The average molecular weight is 253 g/mol. The molecule has 0 aliphatic carbocycles. The molecule has 1 aromatic heterocycles. The van der Waals surface area contributed by atoms with E-state index in [2.05, 4.69) is 10.3 Å². The minimum atomic E-state index is -0.996. The number of carboxylic acid groups (broad SMARTS) is 1. The number of anilines is 1. The quantitative estimate of drug-likeness (QED) is 0.872. The first-order valence-electron chi connectivity index (χ1n) is 5.61. The molecule has 0 saturated carbocycles. The highest BCUT2D eigenvalue weighted by atomic mass is 16.4. The Labute approximate surface area is 110 Å². The van der Waals surface area contributed by atoms with Crippen molar-refractivity contribution in [2.75, 3.05) is 5.32 Å². The van der Waals surface area contributed by atoms with E-state index in [1.807, 2.05) is 18.2 Å². The highest BCUT2D eigenvalue weighted by Crippen LogP contribution is 2.14. The first-order valence-corrected chi connectivity index (χ1v) is 5.61. The molecule has 1 aromatic carbocycles. The number of pyridine rings is 1. The third kappa shape index (κ3) is 3.07. The van der Waals surface area contributed by atoms with Crippen molar-refractivity contribution in [3.63, 3.8) is 0 Å². The maximum Gasteiger partial charge on any atom is 0.337 e. The van der Waals surface area contributed by atoms with Crippen LogP contribution >= 0.6 is 0 Å². The van der Waals surface area contributed by atoms with Gasteiger partial charge in [-0.2, -0.15) is 5.26 Å². The van der Waals surface area contributed by atoms with Gasteiger partial charge in [-0.1, -0.05) is 12.1 Å². The molecule has 0 unspecified atom stereocenters. The van der Waals surface area contributed by atoms with Crippen molar-refractivity contribution in [1.82, 2.24) is 4.98 Å². The zero-order valence-corrected chi connectivity index (χ0v) is 10.00. The summed E-state index contributed by atoms with van der Waals surface area (Å²) in [5, 5.41) is 20.7. The van der Waals surface area contributed by atoms with Crippen molar-refractivity contribution < 1.29 is 9.90 Å². The Bertz CT molecular complexity index is 630. The maximum absolute atomic E-state index is 11.0. The number of aromatic carboxylic acids is 1. The number of nitriles is 1. The molecule has 0 aliphatic heterocycles. The lowest BCUT2D eigenvalue weighted by Gasteiger charge is -2.08. The highest BCUT2D eigenvalue weighted by molar-refractivity contribution is 5.93. The number of hydrogen-bond donors (Lipinski definition) is 2. The molecule has 19 heavy (non-hydrogen) atoms. The zero-order valence-electron chi connectivity index (χ0n) is 10.00. The molecule has 0 bridgehead atoms. The second kappa shape index (κ2) is 5.65. The highest BCUT2D eigenvalue weighted by Gasteiger charge is 2.08. The Kier molecular flexibility index (Phi) is 3.74. The normalized spacial score (nSPS) is 9.63. The number of rotatable bonds is 4. The smallest absolute Gasteiger partial charge is 0.337 e. The fourth-order valence-electron chi connectivity index (χ4n) is 1.62. The van der Waals surface area contributed by atoms with Gasteiger partial charge in [0, 0.05) is 12.7 Å². The fraction of sp³-hybridized carbons (Fsp3) is 0.0714. The molecule has 0 aliphatic rings. The predicted molar refractivity (Wildman–Crippen MR) is 69.7 cm³/mol. The largest absolute Gasteiger partial charge is 0.478 e. The van der Waals surface area contributed by atoms with Crippen molar-refractivity contribution in [3.05, 3.63) is 59.4 Å². The van der Waals surface area contributed by atoms with Gasteiger partial charge in [0.15, 0.2) is 0 Å². The molecule has 0 spiro atoms. The van der Waals surface area contributed by atoms with Crippen molar-refractivity contribution in [2.24, 2.45) is 0 Å². The summed E-state index contributed by atoms with van der Waals surface area (Å²) in [5.74, 6) is -0.996. The lowest BCUT2D eigenvalue weighted by Crippen LogP contribution is -2.06. The molecule has 0 saturated heterocycles. The molecule has 0 fully saturated rings. The van der Waals surface area contributed by atoms with E-state index in [1.54, 1.807) is 12.1 Å². The van der Waals surface area contributed by atoms with Crippen LogP contribution in [0.5, 0.6) is 0 Å². The monoisotopic (exact) mass is 253 g/mol. The van der Waals surface area contributed by atoms with Gasteiger partial charge in [0.2, 0.25) is 0 Å². The van der Waals surface area contributed by atoms with Crippen LogP contribution in [0.1, 0.15) is 21.5 Å². The Morgan fingerprint density at radius 2 is 2.05 bits per heavy atom. The molecule has 0 radical (unpaired) electrons. The van der Waals surface area contributed by atoms with Gasteiger partial charge in [-0.3, -0.25) is 4.98 Å². The van der Waals surface area contributed by atoms with E-state index in [9.17, 15) is 4.79 Å². The Balaban J connectivity index is 2.10. The van der Waals surface area contributed by atoms with Gasteiger partial charge in [-0.25, -0.2) is 4.79 Å². The molecule has 1 heterocycles. The van der Waals surface area contributed by atoms with Crippen LogP contribution in [0.2, 0.25) is 0 Å². The number of carbonyl (C=O) groups is 1. The molecule has 94 valence electrons. The molecule has 2 rings (SSSR count). The third-order valence-corrected chi connectivity index (χ3v) is 2.62. The molecule has 0 atom stereocenters. The lowest BCUT2D eigenvalue weighted by atomic mass is 10.1. The second-order valence-electron chi connectivity index (χ2n) is 3.89. The Morgan fingerprint density at radius 3 is 2.68 bits per heavy atom. The fourth-order valence-corrected chi connectivity index (χ4v) is 1.62. The van der Waals surface area contributed by atoms with Gasteiger partial charge >= 0.3 is 5.97 Å². The summed E-state index contributed by atoms with van der Waals surface area (Å²) in [7, 11) is 0. The molecule has 0 amide bonds. The average Bonchev–Trinajstić information content (AvgIpc) is 2.46. The van der Waals surface area contributed by atoms with Crippen molar-refractivity contribution in [3.8, 4) is 6.07 Å². The molecule has 2 N–H and O–H groups in total. The maximum atomic E-state index is 11.0. The van der Waals surface area contributed by atoms with Crippen LogP contribution in [0, 0.1) is 11.3 Å². The molecular weight excluding hydrogens is 242 g/mol. The van der Waals surface area contributed by atoms with Gasteiger partial charge in [0.25, 0.3) is 0 Å². The van der Waals surface area contributed by atoms with E-state index in [1.165, 1.54) is 18.5 Å². The summed E-state index contributed by atoms with van der Waals surface area (Å²) in [6.07, 6.45) is 2.92. The zero-order chi connectivity index (χ0) is 13.7. The summed E-state index contributed by atoms with van der Waals surface area (Å²) in [6, 6.07) is 10.6. The predicted octanol–water partition coefficient (Wildman–Crippen LogP) is 2.26. The number of aromatic nitrogens is 1. The number of nitrogens with zero attached hydrogens (tertiary/aromatic N) is 2. The number of nitrogens with one attached hydrogen (secondary N) is 1. The van der Waals surface area contributed by atoms with E-state index in [0.29, 0.717) is 17.8 Å². The van der Waals surface area contributed by atoms with Crippen LogP contribution in [-0.2, 0) is 6.54 Å². The van der Waals surface area contributed by atoms with Crippen LogP contribution in [0.4, 0.5) is 5.69 Å². The first kappa shape index (κ1) is 12.6. The Hall–Kier alpha value is -2.87. The minimum Gasteiger partial charge on any atom is -0.478 e. The van der Waals surface area contributed by atoms with Crippen LogP contribution in [0.25, 0.3) is 0 Å². The van der Waals surface area contributed by atoms with Crippen LogP contribution in [0.3, 0.4) is 0 Å². The summed E-state index contributed by atoms with van der Waals surface area (Å²) in [6.45, 7) is 0.470. The van der Waals surface area contributed by atoms with Gasteiger partial charge < -0.3 is 10.4 Å². The van der Waals surface area contributed by atoms with E-state index in [4.69, 9.17) is 10.4 Å². The van der Waals surface area contributed by atoms with Gasteiger partial charge in [0.1, 0.15) is 0 Å². The summed E-state index contributed by atoms with van der Waals surface area (Å²) in [5.41, 5.74) is 2.21. The van der Waals surface area contributed by atoms with Gasteiger partial charge in [-0.15, -0.1) is 0 Å². The molecule has 5 heteroatoms. The number of hydrogen-bond acceptors (Lipinski definition) is 4. The SMILES string of the molecule is N#Cc1ccc(CNc2cnccc2C(=O)O)cc1. The standard InChI is InChI=1S/C14H11N3O2/c15-7-10-1-3-11(4-2-10)8-17-13-9-16-6-5-12(13)14(18)19/h1-6,9,17H,8H2,(H,18,19). The third-order valence-electron chi connectivity index (χ3n) is 2.62. The number of benzene rings is 1. The molecule has 2 aromatic rings. The van der Waals surface area contributed by atoms with E-state index in [-0.39, 0.29) is 5.56 Å². The summed E-state index contributed by atoms with van der Waals surface area (Å²) < 4.78 is 0. The van der Waals surface area contributed by atoms with E-state index < -0.39 is 5.97 Å². The van der Waals surface area contributed by atoms with Gasteiger partial charge in [0.05, 0.1) is 29.1 Å². The van der Waals surface area contributed by atoms with Gasteiger partial charge in [-0.05, 0) is 23.8 Å². The second-order valence-corrected chi connectivity index (χ2v) is 3.89. The van der Waals surface area contributed by atoms with E-state index >= 15 is 0 Å². The number of carboxylic acids is 1. The van der Waals surface area contributed by atoms with Crippen LogP contribution < -0.4 is 5.32 Å². The van der Waals surface area contributed by atoms with Crippen LogP contribution in [0.15, 0.2) is 42.7 Å². The van der Waals surface area contributed by atoms with Crippen molar-refractivity contribution >= 4 is 11.7 Å². The minimum absolute atomic E-state index is 0.184. The molecule has 5 nitrogen and oxygen atoms in total. The van der Waals surface area contributed by atoms with Crippen LogP contribution in [-0.4, -0.2) is 16.1 Å². The Morgan fingerprint density at radius 1 is 1.32 bits per heavy atom. The summed E-state index contributed by atoms with van der Waals surface area (Å²) >= 11 is 0.